The Balaban J connectivity index is 2.00. The fourth-order valence-electron chi connectivity index (χ4n) is 4.16. The summed E-state index contributed by atoms with van der Waals surface area (Å²) in [5.41, 5.74) is 3.19. The monoisotopic (exact) mass is 371 g/mol. The van der Waals surface area contributed by atoms with E-state index in [-0.39, 0.29) is 11.8 Å². The standard InChI is InChI=1S/C21H10ClN3O2/c22-9-5-6-11-14(7-9)24-19-12-8-23-13-4-2-1-3-10(13)15(12)17-18(16(11)19)21(27)25-20(17)26/h1-8,24H,(H,25,26,27). The molecule has 0 atom stereocenters. The molecule has 0 radical (unpaired) electrons. The number of aromatic nitrogens is 2. The van der Waals surface area contributed by atoms with Crippen molar-refractivity contribution in [3.05, 3.63) is 64.8 Å². The molecule has 2 N–H and O–H groups in total. The number of hydrogen-bond acceptors (Lipinski definition) is 3. The number of pyridine rings is 1. The van der Waals surface area contributed by atoms with Gasteiger partial charge in [-0.25, -0.2) is 0 Å². The van der Waals surface area contributed by atoms with Gasteiger partial charge in [-0.1, -0.05) is 35.9 Å². The van der Waals surface area contributed by atoms with Crippen molar-refractivity contribution < 1.29 is 9.59 Å². The number of aromatic amines is 1. The van der Waals surface area contributed by atoms with Crippen LogP contribution in [0.1, 0.15) is 20.7 Å². The van der Waals surface area contributed by atoms with Gasteiger partial charge in [-0.15, -0.1) is 0 Å². The Kier molecular flexibility index (Phi) is 2.63. The quantitative estimate of drug-likeness (QED) is 0.309. The molecule has 0 fully saturated rings. The number of halogens is 1. The highest BCUT2D eigenvalue weighted by atomic mass is 35.5. The Labute approximate surface area is 156 Å². The molecule has 6 heteroatoms. The highest BCUT2D eigenvalue weighted by molar-refractivity contribution is 6.39. The van der Waals surface area contributed by atoms with Crippen LogP contribution < -0.4 is 5.32 Å². The summed E-state index contributed by atoms with van der Waals surface area (Å²) < 4.78 is 0. The molecule has 2 amide bonds. The molecule has 5 aromatic rings. The number of hydrogen-bond donors (Lipinski definition) is 2. The van der Waals surface area contributed by atoms with Crippen molar-refractivity contribution in [2.75, 3.05) is 0 Å². The molecular formula is C21H10ClN3O2. The lowest BCUT2D eigenvalue weighted by atomic mass is 9.93. The van der Waals surface area contributed by atoms with E-state index in [1.54, 1.807) is 12.3 Å². The minimum Gasteiger partial charge on any atom is -0.354 e. The van der Waals surface area contributed by atoms with Gasteiger partial charge in [-0.3, -0.25) is 19.9 Å². The first-order chi connectivity index (χ1) is 13.1. The predicted octanol–water partition coefficient (Wildman–Crippen LogP) is 4.56. The Bertz CT molecular complexity index is 1500. The topological polar surface area (TPSA) is 74.8 Å². The molecule has 1 aliphatic heterocycles. The fraction of sp³-hybridized carbons (Fsp3) is 0. The molecule has 0 unspecified atom stereocenters. The van der Waals surface area contributed by atoms with E-state index in [2.05, 4.69) is 15.3 Å². The van der Waals surface area contributed by atoms with Gasteiger partial charge in [-0.2, -0.15) is 0 Å². The molecule has 0 aliphatic carbocycles. The molecule has 0 bridgehead atoms. The number of para-hydroxylation sites is 1. The molecule has 0 saturated carbocycles. The summed E-state index contributed by atoms with van der Waals surface area (Å²) in [5, 5.41) is 7.02. The smallest absolute Gasteiger partial charge is 0.259 e. The number of carbonyl (C=O) groups excluding carboxylic acids is 2. The number of rotatable bonds is 0. The zero-order valence-corrected chi connectivity index (χ0v) is 14.5. The molecular weight excluding hydrogens is 362 g/mol. The molecule has 1 aliphatic rings. The summed E-state index contributed by atoms with van der Waals surface area (Å²) in [4.78, 5) is 33.3. The van der Waals surface area contributed by atoms with Crippen LogP contribution in [0.5, 0.6) is 0 Å². The number of nitrogens with zero attached hydrogens (tertiary/aromatic N) is 1. The van der Waals surface area contributed by atoms with Crippen molar-refractivity contribution in [3.63, 3.8) is 0 Å². The van der Waals surface area contributed by atoms with Gasteiger partial charge in [-0.05, 0) is 18.2 Å². The average Bonchev–Trinajstić information content (AvgIpc) is 3.18. The largest absolute Gasteiger partial charge is 0.354 e. The molecule has 5 nitrogen and oxygen atoms in total. The summed E-state index contributed by atoms with van der Waals surface area (Å²) in [6, 6.07) is 13.1. The van der Waals surface area contributed by atoms with Crippen LogP contribution in [-0.4, -0.2) is 21.8 Å². The van der Waals surface area contributed by atoms with E-state index in [1.807, 2.05) is 36.4 Å². The second kappa shape index (κ2) is 4.84. The molecule has 128 valence electrons. The van der Waals surface area contributed by atoms with Crippen LogP contribution in [0.15, 0.2) is 48.7 Å². The van der Waals surface area contributed by atoms with E-state index in [0.717, 1.165) is 43.5 Å². The number of carbonyl (C=O) groups is 2. The summed E-state index contributed by atoms with van der Waals surface area (Å²) in [6.07, 6.45) is 1.76. The van der Waals surface area contributed by atoms with Crippen LogP contribution in [-0.2, 0) is 0 Å². The Morgan fingerprint density at radius 1 is 0.852 bits per heavy atom. The predicted molar refractivity (Wildman–Crippen MR) is 105 cm³/mol. The SMILES string of the molecule is O=C1NC(=O)c2c1c1c3ccccc3ncc1c1[nH]c3cc(Cl)ccc3c21. The van der Waals surface area contributed by atoms with Crippen molar-refractivity contribution in [1.82, 2.24) is 15.3 Å². The lowest BCUT2D eigenvalue weighted by molar-refractivity contribution is 0.0880. The van der Waals surface area contributed by atoms with E-state index in [0.29, 0.717) is 16.1 Å². The van der Waals surface area contributed by atoms with E-state index >= 15 is 0 Å². The third kappa shape index (κ3) is 1.76. The van der Waals surface area contributed by atoms with Crippen LogP contribution >= 0.6 is 11.6 Å². The highest BCUT2D eigenvalue weighted by Crippen LogP contribution is 2.41. The lowest BCUT2D eigenvalue weighted by Crippen LogP contribution is -2.20. The second-order valence-electron chi connectivity index (χ2n) is 6.66. The minimum atomic E-state index is -0.376. The van der Waals surface area contributed by atoms with Crippen LogP contribution in [0.2, 0.25) is 5.02 Å². The maximum atomic E-state index is 12.7. The second-order valence-corrected chi connectivity index (χ2v) is 7.10. The number of benzene rings is 3. The van der Waals surface area contributed by atoms with Gasteiger partial charge in [0, 0.05) is 43.7 Å². The molecule has 3 heterocycles. The first-order valence-electron chi connectivity index (χ1n) is 8.43. The summed E-state index contributed by atoms with van der Waals surface area (Å²) in [5.74, 6) is -0.750. The third-order valence-corrected chi connectivity index (χ3v) is 5.47. The molecule has 27 heavy (non-hydrogen) atoms. The van der Waals surface area contributed by atoms with Crippen LogP contribution in [0, 0.1) is 0 Å². The van der Waals surface area contributed by atoms with Crippen molar-refractivity contribution in [2.24, 2.45) is 0 Å². The maximum absolute atomic E-state index is 12.7. The van der Waals surface area contributed by atoms with Gasteiger partial charge in [0.25, 0.3) is 11.8 Å². The van der Waals surface area contributed by atoms with Crippen LogP contribution in [0.3, 0.4) is 0 Å². The normalized spacial score (nSPS) is 13.8. The minimum absolute atomic E-state index is 0.374. The number of H-pyrrole nitrogens is 1. The third-order valence-electron chi connectivity index (χ3n) is 5.24. The number of nitrogens with one attached hydrogen (secondary N) is 2. The van der Waals surface area contributed by atoms with Crippen molar-refractivity contribution in [1.29, 1.82) is 0 Å². The van der Waals surface area contributed by atoms with Gasteiger partial charge in [0.2, 0.25) is 0 Å². The van der Waals surface area contributed by atoms with Gasteiger partial charge in [0.05, 0.1) is 22.2 Å². The summed E-state index contributed by atoms with van der Waals surface area (Å²) in [7, 11) is 0. The van der Waals surface area contributed by atoms with Crippen molar-refractivity contribution >= 4 is 66.9 Å². The number of fused-ring (bicyclic) bond motifs is 10. The molecule has 0 spiro atoms. The Hall–Kier alpha value is -3.44. The Morgan fingerprint density at radius 2 is 1.63 bits per heavy atom. The van der Waals surface area contributed by atoms with Crippen molar-refractivity contribution in [2.45, 2.75) is 0 Å². The molecule has 0 saturated heterocycles. The first kappa shape index (κ1) is 14.7. The first-order valence-corrected chi connectivity index (χ1v) is 8.81. The molecule has 3 aromatic carbocycles. The average molecular weight is 372 g/mol. The zero-order valence-electron chi connectivity index (χ0n) is 13.8. The van der Waals surface area contributed by atoms with Crippen LogP contribution in [0.4, 0.5) is 0 Å². The Morgan fingerprint density at radius 3 is 2.48 bits per heavy atom. The summed E-state index contributed by atoms with van der Waals surface area (Å²) >= 11 is 6.15. The van der Waals surface area contributed by atoms with Crippen molar-refractivity contribution in [3.8, 4) is 0 Å². The fourth-order valence-corrected chi connectivity index (χ4v) is 4.34. The van der Waals surface area contributed by atoms with E-state index in [4.69, 9.17) is 11.6 Å². The summed E-state index contributed by atoms with van der Waals surface area (Å²) in [6.45, 7) is 0. The van der Waals surface area contributed by atoms with E-state index < -0.39 is 0 Å². The molecule has 6 rings (SSSR count). The van der Waals surface area contributed by atoms with Gasteiger partial charge in [0.1, 0.15) is 0 Å². The van der Waals surface area contributed by atoms with Gasteiger partial charge >= 0.3 is 0 Å². The molecule has 2 aromatic heterocycles. The van der Waals surface area contributed by atoms with Crippen LogP contribution in [0.25, 0.3) is 43.5 Å². The zero-order chi connectivity index (χ0) is 18.3. The number of amides is 2. The number of imide groups is 1. The highest BCUT2D eigenvalue weighted by Gasteiger charge is 2.34. The lowest BCUT2D eigenvalue weighted by Gasteiger charge is -2.09. The van der Waals surface area contributed by atoms with E-state index in [1.165, 1.54) is 0 Å². The maximum Gasteiger partial charge on any atom is 0.259 e. The van der Waals surface area contributed by atoms with Gasteiger partial charge in [0.15, 0.2) is 0 Å². The van der Waals surface area contributed by atoms with Gasteiger partial charge < -0.3 is 4.98 Å². The van der Waals surface area contributed by atoms with E-state index in [9.17, 15) is 9.59 Å².